The van der Waals surface area contributed by atoms with Gasteiger partial charge in [-0.3, -0.25) is 0 Å². The van der Waals surface area contributed by atoms with Crippen LogP contribution in [0.3, 0.4) is 0 Å². The van der Waals surface area contributed by atoms with Crippen LogP contribution in [-0.2, 0) is 0 Å². The van der Waals surface area contributed by atoms with Crippen molar-refractivity contribution in [3.8, 4) is 0 Å². The Hall–Kier alpha value is -1.88. The van der Waals surface area contributed by atoms with E-state index in [4.69, 9.17) is 23.2 Å². The molecular weight excluding hydrogens is 447 g/mol. The first-order valence-electron chi connectivity index (χ1n) is 8.33. The molecule has 3 nitrogen and oxygen atoms in total. The van der Waals surface area contributed by atoms with Crippen LogP contribution in [0.15, 0.2) is 70.3 Å². The van der Waals surface area contributed by atoms with Crippen LogP contribution in [0, 0.1) is 6.92 Å². The number of halogens is 3. The van der Waals surface area contributed by atoms with Gasteiger partial charge in [-0.05, 0) is 47.9 Å². The Morgan fingerprint density at radius 2 is 1.70 bits per heavy atom. The monoisotopic (exact) mass is 462 g/mol. The first-order valence-corrected chi connectivity index (χ1v) is 9.88. The Balaban J connectivity index is 2.05. The lowest BCUT2D eigenvalue weighted by molar-refractivity contribution is 0.317. The second-order valence-corrected chi connectivity index (χ2v) is 7.90. The van der Waals surface area contributed by atoms with E-state index < -0.39 is 0 Å². The summed E-state index contributed by atoms with van der Waals surface area (Å²) in [6, 6.07) is 19.7. The van der Waals surface area contributed by atoms with Crippen molar-refractivity contribution in [2.75, 3.05) is 0 Å². The molecule has 1 N–H and O–H groups in total. The summed E-state index contributed by atoms with van der Waals surface area (Å²) < 4.78 is 1.01. The predicted molar refractivity (Wildman–Crippen MR) is 114 cm³/mol. The molecule has 0 radical (unpaired) electrons. The summed E-state index contributed by atoms with van der Waals surface area (Å²) in [6.07, 6.45) is 0.486. The fourth-order valence-corrected chi connectivity index (χ4v) is 3.85. The van der Waals surface area contributed by atoms with Crippen LogP contribution in [0.25, 0.3) is 0 Å². The number of oxime groups is 1. The van der Waals surface area contributed by atoms with Crippen LogP contribution in [0.2, 0.25) is 10.3 Å². The smallest absolute Gasteiger partial charge is 0.131 e. The number of hydrogen-bond donors (Lipinski definition) is 1. The van der Waals surface area contributed by atoms with Gasteiger partial charge < -0.3 is 5.21 Å². The average molecular weight is 464 g/mol. The second kappa shape index (κ2) is 8.87. The van der Waals surface area contributed by atoms with Crippen LogP contribution in [-0.4, -0.2) is 15.9 Å². The fourth-order valence-electron chi connectivity index (χ4n) is 3.12. The quantitative estimate of drug-likeness (QED) is 0.194. The van der Waals surface area contributed by atoms with Crippen molar-refractivity contribution in [1.29, 1.82) is 0 Å². The molecule has 1 aromatic heterocycles. The molecule has 1 heterocycles. The Bertz CT molecular complexity index is 954. The lowest BCUT2D eigenvalue weighted by atomic mass is 9.83. The third-order valence-electron chi connectivity index (χ3n) is 4.45. The molecule has 2 aromatic carbocycles. The van der Waals surface area contributed by atoms with Gasteiger partial charge in [-0.2, -0.15) is 0 Å². The van der Waals surface area contributed by atoms with Gasteiger partial charge in [0, 0.05) is 22.4 Å². The molecule has 1 atom stereocenters. The minimum Gasteiger partial charge on any atom is -0.411 e. The van der Waals surface area contributed by atoms with Gasteiger partial charge in [-0.15, -0.1) is 0 Å². The molecule has 27 heavy (non-hydrogen) atoms. The van der Waals surface area contributed by atoms with E-state index >= 15 is 0 Å². The Morgan fingerprint density at radius 3 is 2.30 bits per heavy atom. The summed E-state index contributed by atoms with van der Waals surface area (Å²) >= 11 is 15.5. The predicted octanol–water partition coefficient (Wildman–Crippen LogP) is 6.86. The molecule has 0 bridgehead atoms. The zero-order chi connectivity index (χ0) is 19.4. The number of nitrogens with zero attached hydrogens (tertiary/aromatic N) is 2. The summed E-state index contributed by atoms with van der Waals surface area (Å²) in [5.41, 5.74) is 4.62. The van der Waals surface area contributed by atoms with Crippen molar-refractivity contribution in [1.82, 2.24) is 4.98 Å². The number of benzene rings is 2. The molecular formula is C21H17BrCl2N2O. The van der Waals surface area contributed by atoms with Gasteiger partial charge in [-0.25, -0.2) is 4.98 Å². The molecule has 0 aliphatic heterocycles. The minimum atomic E-state index is 0.0101. The first-order chi connectivity index (χ1) is 13.0. The molecule has 0 saturated heterocycles. The van der Waals surface area contributed by atoms with E-state index in [0.29, 0.717) is 17.7 Å². The molecule has 0 fully saturated rings. The van der Waals surface area contributed by atoms with E-state index in [2.05, 4.69) is 57.3 Å². The maximum Gasteiger partial charge on any atom is 0.131 e. The number of hydrogen-bond acceptors (Lipinski definition) is 3. The van der Waals surface area contributed by atoms with Crippen molar-refractivity contribution in [3.63, 3.8) is 0 Å². The van der Waals surface area contributed by atoms with Gasteiger partial charge in [0.1, 0.15) is 10.3 Å². The van der Waals surface area contributed by atoms with Gasteiger partial charge in [-0.1, -0.05) is 80.7 Å². The number of aryl methyl sites for hydroxylation is 1. The Morgan fingerprint density at radius 1 is 1.07 bits per heavy atom. The van der Waals surface area contributed by atoms with Gasteiger partial charge in [0.25, 0.3) is 0 Å². The molecule has 0 saturated carbocycles. The van der Waals surface area contributed by atoms with E-state index in [9.17, 15) is 5.21 Å². The van der Waals surface area contributed by atoms with E-state index in [1.807, 2.05) is 24.3 Å². The van der Waals surface area contributed by atoms with Gasteiger partial charge in [0.2, 0.25) is 0 Å². The highest BCUT2D eigenvalue weighted by molar-refractivity contribution is 9.10. The zero-order valence-corrected chi connectivity index (χ0v) is 17.6. The average Bonchev–Trinajstić information content (AvgIpc) is 2.64. The topological polar surface area (TPSA) is 45.5 Å². The number of aromatic nitrogens is 1. The summed E-state index contributed by atoms with van der Waals surface area (Å²) in [6.45, 7) is 2.08. The SMILES string of the molecule is Cc1ccccc1C(CC(=NO)c1cc(Cl)nc(Cl)c1)c1ccc(Br)cc1. The van der Waals surface area contributed by atoms with Crippen LogP contribution >= 0.6 is 39.1 Å². The number of rotatable bonds is 5. The molecule has 138 valence electrons. The van der Waals surface area contributed by atoms with Crippen molar-refractivity contribution in [3.05, 3.63) is 97.7 Å². The lowest BCUT2D eigenvalue weighted by Gasteiger charge is -2.21. The van der Waals surface area contributed by atoms with E-state index in [0.717, 1.165) is 10.0 Å². The highest BCUT2D eigenvalue weighted by atomic mass is 79.9. The second-order valence-electron chi connectivity index (χ2n) is 6.21. The Labute approximate surface area is 176 Å². The van der Waals surface area contributed by atoms with Crippen molar-refractivity contribution < 1.29 is 5.21 Å². The van der Waals surface area contributed by atoms with E-state index in [-0.39, 0.29) is 16.2 Å². The standard InChI is InChI=1S/C21H17BrCl2N2O/c1-13-4-2-3-5-17(13)18(14-6-8-16(22)9-7-14)12-19(26-27)15-10-20(23)25-21(24)11-15/h2-11,18,27H,12H2,1H3. The molecule has 0 amide bonds. The molecule has 3 rings (SSSR count). The maximum absolute atomic E-state index is 9.69. The third kappa shape index (κ3) is 4.89. The molecule has 0 spiro atoms. The number of pyridine rings is 1. The highest BCUT2D eigenvalue weighted by Gasteiger charge is 2.21. The van der Waals surface area contributed by atoms with Gasteiger partial charge in [0.05, 0.1) is 5.71 Å². The molecule has 3 aromatic rings. The van der Waals surface area contributed by atoms with E-state index in [1.54, 1.807) is 12.1 Å². The highest BCUT2D eigenvalue weighted by Crippen LogP contribution is 2.33. The van der Waals surface area contributed by atoms with Crippen LogP contribution in [0.5, 0.6) is 0 Å². The van der Waals surface area contributed by atoms with Gasteiger partial charge in [0.15, 0.2) is 0 Å². The molecule has 6 heteroatoms. The fraction of sp³-hybridized carbons (Fsp3) is 0.143. The third-order valence-corrected chi connectivity index (χ3v) is 5.37. The maximum atomic E-state index is 9.69. The lowest BCUT2D eigenvalue weighted by Crippen LogP contribution is -2.12. The minimum absolute atomic E-state index is 0.0101. The summed E-state index contributed by atoms with van der Waals surface area (Å²) in [4.78, 5) is 3.96. The van der Waals surface area contributed by atoms with Crippen molar-refractivity contribution in [2.45, 2.75) is 19.3 Å². The normalized spacial score (nSPS) is 12.8. The van der Waals surface area contributed by atoms with Crippen LogP contribution in [0.1, 0.15) is 34.6 Å². The van der Waals surface area contributed by atoms with Crippen molar-refractivity contribution in [2.24, 2.45) is 5.16 Å². The molecule has 0 aliphatic carbocycles. The van der Waals surface area contributed by atoms with Gasteiger partial charge >= 0.3 is 0 Å². The van der Waals surface area contributed by atoms with Crippen LogP contribution in [0.4, 0.5) is 0 Å². The zero-order valence-electron chi connectivity index (χ0n) is 14.5. The summed E-state index contributed by atoms with van der Waals surface area (Å²) in [5.74, 6) is 0.0101. The molecule has 0 aliphatic rings. The van der Waals surface area contributed by atoms with E-state index in [1.165, 1.54) is 11.1 Å². The summed E-state index contributed by atoms with van der Waals surface area (Å²) in [5, 5.41) is 13.8. The van der Waals surface area contributed by atoms with Crippen molar-refractivity contribution >= 4 is 44.8 Å². The molecule has 1 unspecified atom stereocenters. The van der Waals surface area contributed by atoms with Crippen LogP contribution < -0.4 is 0 Å². The largest absolute Gasteiger partial charge is 0.411 e. The summed E-state index contributed by atoms with van der Waals surface area (Å²) in [7, 11) is 0. The Kier molecular flexibility index (Phi) is 6.53. The first kappa shape index (κ1) is 19.9.